The van der Waals surface area contributed by atoms with Crippen LogP contribution in [0.25, 0.3) is 55.7 Å². The Bertz CT molecular complexity index is 4870. The molecule has 0 heterocycles. The standard InChI is InChI=1S/C92H72N4/c1-3-70(74-44-59-89(60-45-74)95(84-32-18-8-19-33-84)90-61-48-77(49-62-90)71-23-10-4-11-24-71)38-37-69(2)93(82-28-14-6-15-29-82)87-57-46-80(47-58-87)75-39-41-76(42-40-75)81-54-67-88(68-55-81)94(83-30-16-7-17-31-83)86-36-22-27-73(43-56-86)79-52-65-92(66-53-79)96(85-34-20-9-21-35-85)91-63-50-78(51-64-91)72-25-12-5-13-26-72/h3-26,28-68H,2,27H2,1H3/b38-37-,70-3+. The number of nitrogens with zero attached hydrogens (tertiary/aromatic N) is 4. The average molecular weight is 1230 g/mol. The minimum atomic E-state index is 0.808. The lowest BCUT2D eigenvalue weighted by Gasteiger charge is -2.26. The van der Waals surface area contributed by atoms with Crippen LogP contribution in [0.2, 0.25) is 0 Å². The van der Waals surface area contributed by atoms with E-state index in [0.717, 1.165) is 108 Å². The van der Waals surface area contributed by atoms with Gasteiger partial charge in [-0.25, -0.2) is 0 Å². The number of para-hydroxylation sites is 4. The number of hydrogen-bond donors (Lipinski definition) is 0. The lowest BCUT2D eigenvalue weighted by molar-refractivity contribution is 1.21. The second kappa shape index (κ2) is 29.0. The van der Waals surface area contributed by atoms with Gasteiger partial charge < -0.3 is 19.6 Å². The molecule has 0 aliphatic heterocycles. The van der Waals surface area contributed by atoms with Crippen LogP contribution in [0.4, 0.5) is 56.9 Å². The molecule has 0 amide bonds. The Morgan fingerprint density at radius 3 is 0.948 bits per heavy atom. The van der Waals surface area contributed by atoms with Crippen molar-refractivity contribution in [2.45, 2.75) is 13.3 Å². The lowest BCUT2D eigenvalue weighted by atomic mass is 9.99. The first kappa shape index (κ1) is 61.0. The van der Waals surface area contributed by atoms with Gasteiger partial charge in [0.15, 0.2) is 0 Å². The molecule has 0 fully saturated rings. The maximum Gasteiger partial charge on any atom is 0.0462 e. The van der Waals surface area contributed by atoms with Crippen molar-refractivity contribution in [2.75, 3.05) is 19.6 Å². The highest BCUT2D eigenvalue weighted by atomic mass is 15.2. The van der Waals surface area contributed by atoms with Gasteiger partial charge in [-0.3, -0.25) is 0 Å². The van der Waals surface area contributed by atoms with Crippen LogP contribution in [0.3, 0.4) is 0 Å². The van der Waals surface area contributed by atoms with Crippen LogP contribution in [0.15, 0.2) is 412 Å². The Kier molecular flexibility index (Phi) is 18.4. The van der Waals surface area contributed by atoms with E-state index in [1.54, 1.807) is 0 Å². The van der Waals surface area contributed by atoms with Gasteiger partial charge in [0.05, 0.1) is 0 Å². The molecule has 4 nitrogen and oxygen atoms in total. The van der Waals surface area contributed by atoms with E-state index >= 15 is 0 Å². The monoisotopic (exact) mass is 1230 g/mol. The van der Waals surface area contributed by atoms with Gasteiger partial charge in [0, 0.05) is 68.3 Å². The summed E-state index contributed by atoms with van der Waals surface area (Å²) in [5.41, 5.74) is 26.8. The molecule has 0 bridgehead atoms. The minimum absolute atomic E-state index is 0.808. The van der Waals surface area contributed by atoms with Crippen molar-refractivity contribution in [3.8, 4) is 44.5 Å². The zero-order valence-electron chi connectivity index (χ0n) is 53.7. The number of rotatable bonds is 20. The summed E-state index contributed by atoms with van der Waals surface area (Å²) in [5.74, 6) is 0. The SMILES string of the molecule is C=C(/C=C\C(=C/C)c1ccc(N(c2ccccc2)c2ccc(-c3ccccc3)cc2)cc1)N(c1ccccc1)c1ccc(-c2ccc(-c3ccc(N(C4=CC=C(c5ccc(N(c6ccccc6)c6ccc(-c7ccccc7)cc6)cc5)CC=C4)c4ccccc4)cc3)cc2)cc1. The van der Waals surface area contributed by atoms with Gasteiger partial charge in [0.2, 0.25) is 0 Å². The normalized spacial score (nSPS) is 12.1. The summed E-state index contributed by atoms with van der Waals surface area (Å²) >= 11 is 0. The second-order valence-electron chi connectivity index (χ2n) is 23.7. The fourth-order valence-corrected chi connectivity index (χ4v) is 12.7. The topological polar surface area (TPSA) is 13.0 Å². The van der Waals surface area contributed by atoms with Crippen molar-refractivity contribution in [1.82, 2.24) is 0 Å². The van der Waals surface area contributed by atoms with Crippen molar-refractivity contribution < 1.29 is 0 Å². The molecule has 0 saturated heterocycles. The molecule has 0 spiro atoms. The molecule has 1 aliphatic rings. The molecule has 0 aromatic heterocycles. The molecule has 0 unspecified atom stereocenters. The van der Waals surface area contributed by atoms with Gasteiger partial charge >= 0.3 is 0 Å². The van der Waals surface area contributed by atoms with Crippen LogP contribution in [0, 0.1) is 0 Å². The zero-order valence-corrected chi connectivity index (χ0v) is 53.7. The molecule has 0 saturated carbocycles. The van der Waals surface area contributed by atoms with Gasteiger partial charge in [-0.2, -0.15) is 0 Å². The van der Waals surface area contributed by atoms with Crippen LogP contribution in [0.1, 0.15) is 24.5 Å². The molecule has 13 aromatic rings. The highest BCUT2D eigenvalue weighted by Gasteiger charge is 2.19. The second-order valence-corrected chi connectivity index (χ2v) is 23.7. The molecule has 13 aromatic carbocycles. The Hall–Kier alpha value is -12.5. The molecular weight excluding hydrogens is 1160 g/mol. The number of benzene rings is 13. The van der Waals surface area contributed by atoms with Gasteiger partial charge in [-0.05, 0) is 220 Å². The summed E-state index contributed by atoms with van der Waals surface area (Å²) in [7, 11) is 0. The summed E-state index contributed by atoms with van der Waals surface area (Å²) < 4.78 is 0. The molecule has 96 heavy (non-hydrogen) atoms. The predicted octanol–water partition coefficient (Wildman–Crippen LogP) is 25.7. The van der Waals surface area contributed by atoms with E-state index in [1.807, 2.05) is 0 Å². The number of hydrogen-bond acceptors (Lipinski definition) is 4. The fourth-order valence-electron chi connectivity index (χ4n) is 12.7. The quantitative estimate of drug-likeness (QED) is 0.0705. The molecular formula is C92H72N4. The van der Waals surface area contributed by atoms with Gasteiger partial charge in [-0.15, -0.1) is 0 Å². The third-order valence-corrected chi connectivity index (χ3v) is 17.7. The average Bonchev–Trinajstić information content (AvgIpc) is 1.64. The largest absolute Gasteiger partial charge is 0.311 e. The molecule has 1 aliphatic carbocycles. The molecule has 0 N–H and O–H groups in total. The van der Waals surface area contributed by atoms with Crippen LogP contribution in [0.5, 0.6) is 0 Å². The zero-order chi connectivity index (χ0) is 64.8. The van der Waals surface area contributed by atoms with Crippen LogP contribution in [-0.2, 0) is 0 Å². The Balaban J connectivity index is 0.656. The maximum atomic E-state index is 4.65. The predicted molar refractivity (Wildman–Crippen MR) is 409 cm³/mol. The molecule has 4 heteroatoms. The first-order valence-corrected chi connectivity index (χ1v) is 32.8. The van der Waals surface area contributed by atoms with Gasteiger partial charge in [0.1, 0.15) is 0 Å². The summed E-state index contributed by atoms with van der Waals surface area (Å²) in [4.78, 5) is 9.18. The Morgan fingerprint density at radius 2 is 0.562 bits per heavy atom. The van der Waals surface area contributed by atoms with E-state index < -0.39 is 0 Å². The van der Waals surface area contributed by atoms with E-state index in [2.05, 4.69) is 427 Å². The third-order valence-electron chi connectivity index (χ3n) is 17.7. The summed E-state index contributed by atoms with van der Waals surface area (Å²) in [5, 5.41) is 0. The first-order valence-electron chi connectivity index (χ1n) is 32.8. The number of allylic oxidation sites excluding steroid dienone is 9. The fraction of sp³-hybridized carbons (Fsp3) is 0.0217. The summed E-state index contributed by atoms with van der Waals surface area (Å²) in [6.45, 7) is 6.74. The van der Waals surface area contributed by atoms with E-state index in [-0.39, 0.29) is 0 Å². The highest BCUT2D eigenvalue weighted by Crippen LogP contribution is 2.41. The van der Waals surface area contributed by atoms with Crippen molar-refractivity contribution in [3.63, 3.8) is 0 Å². The van der Waals surface area contributed by atoms with Crippen molar-refractivity contribution in [3.05, 3.63) is 423 Å². The van der Waals surface area contributed by atoms with E-state index in [9.17, 15) is 0 Å². The van der Waals surface area contributed by atoms with E-state index in [1.165, 1.54) is 33.4 Å². The molecule has 0 radical (unpaired) electrons. The van der Waals surface area contributed by atoms with E-state index in [4.69, 9.17) is 0 Å². The van der Waals surface area contributed by atoms with Gasteiger partial charge in [-0.1, -0.05) is 261 Å². The molecule has 460 valence electrons. The van der Waals surface area contributed by atoms with Crippen molar-refractivity contribution in [1.29, 1.82) is 0 Å². The third kappa shape index (κ3) is 13.8. The smallest absolute Gasteiger partial charge is 0.0462 e. The van der Waals surface area contributed by atoms with Crippen LogP contribution in [-0.4, -0.2) is 0 Å². The Labute approximate surface area is 565 Å². The van der Waals surface area contributed by atoms with Crippen LogP contribution >= 0.6 is 0 Å². The Morgan fingerprint density at radius 1 is 0.281 bits per heavy atom. The minimum Gasteiger partial charge on any atom is -0.311 e. The van der Waals surface area contributed by atoms with Crippen molar-refractivity contribution >= 4 is 68.0 Å². The summed E-state index contributed by atoms with van der Waals surface area (Å²) in [6, 6.07) is 125. The lowest BCUT2D eigenvalue weighted by Crippen LogP contribution is -2.14. The van der Waals surface area contributed by atoms with Crippen molar-refractivity contribution in [2.24, 2.45) is 0 Å². The maximum absolute atomic E-state index is 4.65. The number of anilines is 10. The first-order chi connectivity index (χ1) is 47.5. The van der Waals surface area contributed by atoms with Crippen LogP contribution < -0.4 is 19.6 Å². The molecule has 14 rings (SSSR count). The van der Waals surface area contributed by atoms with Gasteiger partial charge in [0.25, 0.3) is 0 Å². The summed E-state index contributed by atoms with van der Waals surface area (Å²) in [6.07, 6.45) is 16.3. The highest BCUT2D eigenvalue weighted by molar-refractivity contribution is 5.85. The van der Waals surface area contributed by atoms with E-state index in [0.29, 0.717) is 0 Å². The molecule has 0 atom stereocenters.